The molecule has 0 atom stereocenters. The van der Waals surface area contributed by atoms with Crippen molar-refractivity contribution in [3.63, 3.8) is 0 Å². The second-order valence-corrected chi connectivity index (χ2v) is 2.34. The van der Waals surface area contributed by atoms with Crippen molar-refractivity contribution in [1.82, 2.24) is 15.1 Å². The number of amides is 1. The van der Waals surface area contributed by atoms with Crippen LogP contribution in [0, 0.1) is 0 Å². The summed E-state index contributed by atoms with van der Waals surface area (Å²) in [5.74, 6) is -0.984. The molecule has 0 aliphatic rings. The smallest absolute Gasteiger partial charge is 0.353 e. The predicted molar refractivity (Wildman–Crippen MR) is 45.3 cm³/mol. The zero-order valence-electron chi connectivity index (χ0n) is 7.39. The highest BCUT2D eigenvalue weighted by atomic mass is 16.4. The Hall–Kier alpha value is -1.85. The molecule has 1 rings (SSSR count). The van der Waals surface area contributed by atoms with Crippen LogP contribution < -0.4 is 0 Å². The molecule has 13 heavy (non-hydrogen) atoms. The summed E-state index contributed by atoms with van der Waals surface area (Å²) in [6, 6.07) is 1.39. The van der Waals surface area contributed by atoms with Gasteiger partial charge in [-0.15, -0.1) is 0 Å². The van der Waals surface area contributed by atoms with E-state index in [1.54, 1.807) is 14.1 Å². The molecule has 0 aromatic carbocycles. The summed E-state index contributed by atoms with van der Waals surface area (Å²) in [6.45, 7) is 0. The minimum absolute atomic E-state index is 0.116. The molecule has 1 aromatic rings. The Morgan fingerprint density at radius 2 is 2.23 bits per heavy atom. The lowest BCUT2D eigenvalue weighted by molar-refractivity contribution is -0.115. The van der Waals surface area contributed by atoms with Crippen molar-refractivity contribution in [2.75, 3.05) is 14.1 Å². The predicted octanol–water partition coefficient (Wildman–Crippen LogP) is -0.188. The molecule has 0 spiro atoms. The largest absolute Gasteiger partial charge is 0.477 e. The first kappa shape index (κ1) is 11.2. The van der Waals surface area contributed by atoms with E-state index < -0.39 is 5.97 Å². The van der Waals surface area contributed by atoms with Crippen LogP contribution in [0.1, 0.15) is 10.5 Å². The minimum Gasteiger partial charge on any atom is -0.477 e. The van der Waals surface area contributed by atoms with Gasteiger partial charge < -0.3 is 10.0 Å². The normalized spacial score (nSPS) is 8.15. The number of H-pyrrole nitrogens is 1. The zero-order valence-corrected chi connectivity index (χ0v) is 7.39. The number of hydrogen-bond donors (Lipinski definition) is 2. The second-order valence-electron chi connectivity index (χ2n) is 2.34. The topological polar surface area (TPSA) is 86.3 Å². The summed E-state index contributed by atoms with van der Waals surface area (Å²) >= 11 is 0. The summed E-state index contributed by atoms with van der Waals surface area (Å²) in [4.78, 5) is 20.9. The molecule has 0 bridgehead atoms. The third-order valence-electron chi connectivity index (χ3n) is 0.942. The quantitative estimate of drug-likeness (QED) is 0.625. The van der Waals surface area contributed by atoms with E-state index in [0.717, 1.165) is 6.41 Å². The van der Waals surface area contributed by atoms with Gasteiger partial charge in [-0.25, -0.2) is 4.79 Å². The van der Waals surface area contributed by atoms with E-state index >= 15 is 0 Å². The van der Waals surface area contributed by atoms with Crippen LogP contribution in [0.2, 0.25) is 0 Å². The van der Waals surface area contributed by atoms with Gasteiger partial charge in [0.1, 0.15) is 5.69 Å². The van der Waals surface area contributed by atoms with Gasteiger partial charge in [0, 0.05) is 20.3 Å². The number of aromatic nitrogens is 2. The van der Waals surface area contributed by atoms with Gasteiger partial charge >= 0.3 is 5.97 Å². The fourth-order valence-corrected chi connectivity index (χ4v) is 0.375. The maximum absolute atomic E-state index is 9.99. The number of rotatable bonds is 2. The maximum Gasteiger partial charge on any atom is 0.353 e. The molecule has 2 N–H and O–H groups in total. The number of aromatic amines is 1. The van der Waals surface area contributed by atoms with E-state index in [1.165, 1.54) is 17.2 Å². The summed E-state index contributed by atoms with van der Waals surface area (Å²) in [5, 5.41) is 13.9. The van der Waals surface area contributed by atoms with Crippen LogP contribution in [-0.4, -0.2) is 46.7 Å². The average molecular weight is 185 g/mol. The Labute approximate surface area is 75.2 Å². The first-order chi connectivity index (χ1) is 6.07. The van der Waals surface area contributed by atoms with E-state index in [0.29, 0.717) is 0 Å². The van der Waals surface area contributed by atoms with Crippen molar-refractivity contribution < 1.29 is 14.7 Å². The third-order valence-corrected chi connectivity index (χ3v) is 0.942. The van der Waals surface area contributed by atoms with E-state index in [1.807, 2.05) is 0 Å². The van der Waals surface area contributed by atoms with Crippen molar-refractivity contribution in [3.05, 3.63) is 18.0 Å². The van der Waals surface area contributed by atoms with Crippen LogP contribution in [0.3, 0.4) is 0 Å². The Morgan fingerprint density at radius 3 is 2.38 bits per heavy atom. The van der Waals surface area contributed by atoms with Crippen LogP contribution in [-0.2, 0) is 4.79 Å². The summed E-state index contributed by atoms with van der Waals surface area (Å²) in [5.41, 5.74) is 0.116. The van der Waals surface area contributed by atoms with Gasteiger partial charge in [-0.1, -0.05) is 0 Å². The molecule has 0 aliphatic heterocycles. The standard InChI is InChI=1S/C4H4N2O2.C3H7NO/c7-4(8)3-1-2-5-6-3;1-4(2)3-5/h1-2H,(H,5,6)(H,7,8);3H,1-2H3. The fourth-order valence-electron chi connectivity index (χ4n) is 0.375. The number of hydrogen-bond acceptors (Lipinski definition) is 3. The van der Waals surface area contributed by atoms with Gasteiger partial charge in [0.25, 0.3) is 0 Å². The molecular formula is C7H11N3O3. The first-order valence-corrected chi connectivity index (χ1v) is 3.42. The summed E-state index contributed by atoms with van der Waals surface area (Å²) in [7, 11) is 3.38. The van der Waals surface area contributed by atoms with Crippen molar-refractivity contribution in [2.45, 2.75) is 0 Å². The lowest BCUT2D eigenvalue weighted by Crippen LogP contribution is -2.06. The Bertz CT molecular complexity index is 256. The van der Waals surface area contributed by atoms with Crippen molar-refractivity contribution >= 4 is 12.4 Å². The van der Waals surface area contributed by atoms with Crippen molar-refractivity contribution in [3.8, 4) is 0 Å². The number of nitrogens with one attached hydrogen (secondary N) is 1. The Kier molecular flexibility index (Phi) is 4.94. The molecule has 1 amide bonds. The monoisotopic (exact) mass is 185 g/mol. The molecule has 0 aliphatic carbocycles. The SMILES string of the molecule is CN(C)C=O.O=C(O)c1ccn[nH]1. The average Bonchev–Trinajstić information content (AvgIpc) is 2.57. The molecule has 6 heteroatoms. The van der Waals surface area contributed by atoms with Crippen LogP contribution >= 0.6 is 0 Å². The number of carbonyl (C=O) groups is 2. The van der Waals surface area contributed by atoms with E-state index in [9.17, 15) is 9.59 Å². The third kappa shape index (κ3) is 5.42. The highest BCUT2D eigenvalue weighted by Gasteiger charge is 1.99. The number of carboxylic acid groups (broad SMARTS) is 1. The van der Waals surface area contributed by atoms with Gasteiger partial charge in [-0.05, 0) is 6.07 Å². The highest BCUT2D eigenvalue weighted by molar-refractivity contribution is 5.84. The van der Waals surface area contributed by atoms with E-state index in [-0.39, 0.29) is 5.69 Å². The Morgan fingerprint density at radius 1 is 1.69 bits per heavy atom. The van der Waals surface area contributed by atoms with Crippen LogP contribution in [0.15, 0.2) is 12.3 Å². The van der Waals surface area contributed by atoms with Crippen molar-refractivity contribution in [2.24, 2.45) is 0 Å². The second kappa shape index (κ2) is 5.76. The van der Waals surface area contributed by atoms with Gasteiger partial charge in [0.2, 0.25) is 6.41 Å². The van der Waals surface area contributed by atoms with Gasteiger partial charge in [-0.2, -0.15) is 5.10 Å². The fraction of sp³-hybridized carbons (Fsp3) is 0.286. The van der Waals surface area contributed by atoms with Crippen LogP contribution in [0.5, 0.6) is 0 Å². The summed E-state index contributed by atoms with van der Waals surface area (Å²) < 4.78 is 0. The molecular weight excluding hydrogens is 174 g/mol. The maximum atomic E-state index is 9.99. The molecule has 0 unspecified atom stereocenters. The molecule has 0 saturated heterocycles. The van der Waals surface area contributed by atoms with E-state index in [4.69, 9.17) is 5.11 Å². The van der Waals surface area contributed by atoms with E-state index in [2.05, 4.69) is 10.2 Å². The van der Waals surface area contributed by atoms with Gasteiger partial charge in [-0.3, -0.25) is 9.89 Å². The minimum atomic E-state index is -0.984. The van der Waals surface area contributed by atoms with Gasteiger partial charge in [0.15, 0.2) is 0 Å². The van der Waals surface area contributed by atoms with Crippen molar-refractivity contribution in [1.29, 1.82) is 0 Å². The number of aromatic carboxylic acids is 1. The lowest BCUT2D eigenvalue weighted by Gasteiger charge is -1.93. The number of nitrogens with zero attached hydrogens (tertiary/aromatic N) is 2. The highest BCUT2D eigenvalue weighted by Crippen LogP contribution is 1.87. The van der Waals surface area contributed by atoms with Crippen LogP contribution in [0.25, 0.3) is 0 Å². The molecule has 1 heterocycles. The first-order valence-electron chi connectivity index (χ1n) is 3.42. The number of carbonyl (C=O) groups excluding carboxylic acids is 1. The zero-order chi connectivity index (χ0) is 10.3. The lowest BCUT2D eigenvalue weighted by atomic mass is 10.5. The molecule has 72 valence electrons. The molecule has 1 aromatic heterocycles. The number of carboxylic acids is 1. The molecule has 0 saturated carbocycles. The molecule has 0 fully saturated rings. The molecule has 0 radical (unpaired) electrons. The molecule has 6 nitrogen and oxygen atoms in total. The van der Waals surface area contributed by atoms with Crippen LogP contribution in [0.4, 0.5) is 0 Å². The van der Waals surface area contributed by atoms with Gasteiger partial charge in [0.05, 0.1) is 0 Å². The Balaban J connectivity index is 0.000000252. The summed E-state index contributed by atoms with van der Waals surface area (Å²) in [6.07, 6.45) is 2.14.